The number of rotatable bonds is 1. The first kappa shape index (κ1) is 9.24. The van der Waals surface area contributed by atoms with Crippen molar-refractivity contribution in [2.24, 2.45) is 5.41 Å². The number of hydrogen-bond donors (Lipinski definition) is 0. The van der Waals surface area contributed by atoms with Gasteiger partial charge in [0.05, 0.1) is 0 Å². The Labute approximate surface area is 74.8 Å². The van der Waals surface area contributed by atoms with Gasteiger partial charge in [0.2, 0.25) is 0 Å². The minimum absolute atomic E-state index is 0.335. The second-order valence-electron chi connectivity index (χ2n) is 4.37. The van der Waals surface area contributed by atoms with Crippen molar-refractivity contribution in [3.05, 3.63) is 30.1 Å². The minimum atomic E-state index is 0.335. The molecule has 0 aliphatic rings. The maximum absolute atomic E-state index is 4.01. The van der Waals surface area contributed by atoms with E-state index in [-0.39, 0.29) is 0 Å². The van der Waals surface area contributed by atoms with Gasteiger partial charge in [0.1, 0.15) is 0 Å². The fourth-order valence-electron chi connectivity index (χ4n) is 1.15. The summed E-state index contributed by atoms with van der Waals surface area (Å²) < 4.78 is 0. The zero-order valence-corrected chi connectivity index (χ0v) is 8.33. The van der Waals surface area contributed by atoms with Crippen LogP contribution in [0.2, 0.25) is 0 Å². The molecular formula is C11H17N. The van der Waals surface area contributed by atoms with Crippen molar-refractivity contribution in [1.29, 1.82) is 0 Å². The van der Waals surface area contributed by atoms with Crippen LogP contribution in [-0.2, 0) is 0 Å². The van der Waals surface area contributed by atoms with Gasteiger partial charge in [-0.15, -0.1) is 0 Å². The van der Waals surface area contributed by atoms with Crippen molar-refractivity contribution < 1.29 is 0 Å². The lowest BCUT2D eigenvalue weighted by Crippen LogP contribution is -2.15. The molecule has 0 saturated carbocycles. The molecule has 1 unspecified atom stereocenters. The average Bonchev–Trinajstić information content (AvgIpc) is 2.03. The van der Waals surface area contributed by atoms with Gasteiger partial charge < -0.3 is 0 Å². The summed E-state index contributed by atoms with van der Waals surface area (Å²) in [7, 11) is 0. The molecule has 1 atom stereocenters. The molecule has 66 valence electrons. The molecule has 0 fully saturated rings. The van der Waals surface area contributed by atoms with Gasteiger partial charge in [-0.3, -0.25) is 4.98 Å². The van der Waals surface area contributed by atoms with E-state index in [4.69, 9.17) is 0 Å². The molecule has 0 radical (unpaired) electrons. The van der Waals surface area contributed by atoms with Crippen molar-refractivity contribution in [1.82, 2.24) is 4.98 Å². The van der Waals surface area contributed by atoms with Crippen molar-refractivity contribution >= 4 is 0 Å². The lowest BCUT2D eigenvalue weighted by atomic mass is 9.78. The van der Waals surface area contributed by atoms with Crippen molar-refractivity contribution in [3.8, 4) is 0 Å². The molecule has 1 aromatic heterocycles. The van der Waals surface area contributed by atoms with E-state index in [1.807, 2.05) is 12.4 Å². The first-order chi connectivity index (χ1) is 5.52. The molecule has 0 amide bonds. The zero-order chi connectivity index (χ0) is 9.19. The highest BCUT2D eigenvalue weighted by Crippen LogP contribution is 2.33. The second kappa shape index (κ2) is 3.26. The second-order valence-corrected chi connectivity index (χ2v) is 4.37. The maximum atomic E-state index is 4.01. The third-order valence-corrected chi connectivity index (χ3v) is 2.51. The van der Waals surface area contributed by atoms with Crippen LogP contribution in [0.4, 0.5) is 0 Å². The fraction of sp³-hybridized carbons (Fsp3) is 0.545. The minimum Gasteiger partial charge on any atom is -0.265 e. The summed E-state index contributed by atoms with van der Waals surface area (Å²) >= 11 is 0. The highest BCUT2D eigenvalue weighted by molar-refractivity contribution is 5.16. The summed E-state index contributed by atoms with van der Waals surface area (Å²) in [6.07, 6.45) is 3.72. The number of nitrogens with zero attached hydrogens (tertiary/aromatic N) is 1. The predicted molar refractivity (Wildman–Crippen MR) is 52.1 cm³/mol. The van der Waals surface area contributed by atoms with Gasteiger partial charge in [0, 0.05) is 12.4 Å². The lowest BCUT2D eigenvalue weighted by Gasteiger charge is -2.27. The summed E-state index contributed by atoms with van der Waals surface area (Å²) in [4.78, 5) is 4.01. The van der Waals surface area contributed by atoms with Crippen molar-refractivity contribution in [2.45, 2.75) is 33.6 Å². The van der Waals surface area contributed by atoms with Gasteiger partial charge in [0.15, 0.2) is 0 Å². The Kier molecular flexibility index (Phi) is 2.51. The van der Waals surface area contributed by atoms with Gasteiger partial charge in [0.25, 0.3) is 0 Å². The Hall–Kier alpha value is -0.850. The Morgan fingerprint density at radius 2 is 1.67 bits per heavy atom. The molecule has 1 heteroatoms. The third kappa shape index (κ3) is 2.07. The molecule has 0 aromatic carbocycles. The first-order valence-electron chi connectivity index (χ1n) is 4.42. The Morgan fingerprint density at radius 1 is 1.17 bits per heavy atom. The molecule has 0 aliphatic heterocycles. The summed E-state index contributed by atoms with van der Waals surface area (Å²) in [5, 5.41) is 0. The molecule has 0 spiro atoms. The van der Waals surface area contributed by atoms with Crippen LogP contribution in [0.3, 0.4) is 0 Å². The summed E-state index contributed by atoms with van der Waals surface area (Å²) in [5.41, 5.74) is 1.71. The van der Waals surface area contributed by atoms with Gasteiger partial charge >= 0.3 is 0 Å². The molecule has 1 nitrogen and oxygen atoms in total. The quantitative estimate of drug-likeness (QED) is 0.619. The highest BCUT2D eigenvalue weighted by atomic mass is 14.6. The van der Waals surface area contributed by atoms with E-state index in [0.717, 1.165) is 0 Å². The zero-order valence-electron chi connectivity index (χ0n) is 8.33. The average molecular weight is 163 g/mol. The topological polar surface area (TPSA) is 12.9 Å². The monoisotopic (exact) mass is 163 g/mol. The molecule has 1 rings (SSSR count). The third-order valence-electron chi connectivity index (χ3n) is 2.51. The maximum Gasteiger partial charge on any atom is 0.0270 e. The summed E-state index contributed by atoms with van der Waals surface area (Å²) in [5.74, 6) is 0.584. The van der Waals surface area contributed by atoms with E-state index < -0.39 is 0 Å². The molecule has 12 heavy (non-hydrogen) atoms. The van der Waals surface area contributed by atoms with E-state index in [2.05, 4.69) is 44.8 Å². The SMILES string of the molecule is CC(c1ccncc1)C(C)(C)C. The fourth-order valence-corrected chi connectivity index (χ4v) is 1.15. The summed E-state index contributed by atoms with van der Waals surface area (Å²) in [6, 6.07) is 4.19. The molecule has 0 N–H and O–H groups in total. The van der Waals surface area contributed by atoms with Gasteiger partial charge in [-0.1, -0.05) is 27.7 Å². The van der Waals surface area contributed by atoms with Crippen LogP contribution in [0.5, 0.6) is 0 Å². The number of aromatic nitrogens is 1. The first-order valence-corrected chi connectivity index (χ1v) is 4.42. The molecular weight excluding hydrogens is 146 g/mol. The largest absolute Gasteiger partial charge is 0.265 e. The molecule has 0 aliphatic carbocycles. The van der Waals surface area contributed by atoms with Crippen LogP contribution >= 0.6 is 0 Å². The van der Waals surface area contributed by atoms with Crippen LogP contribution < -0.4 is 0 Å². The summed E-state index contributed by atoms with van der Waals surface area (Å²) in [6.45, 7) is 9.05. The van der Waals surface area contributed by atoms with Gasteiger partial charge in [-0.2, -0.15) is 0 Å². The number of pyridine rings is 1. The van der Waals surface area contributed by atoms with E-state index >= 15 is 0 Å². The Balaban J connectivity index is 2.86. The Bertz CT molecular complexity index is 233. The lowest BCUT2D eigenvalue weighted by molar-refractivity contribution is 0.339. The van der Waals surface area contributed by atoms with Gasteiger partial charge in [-0.05, 0) is 29.0 Å². The van der Waals surface area contributed by atoms with E-state index in [1.165, 1.54) is 5.56 Å². The molecule has 1 aromatic rings. The smallest absolute Gasteiger partial charge is 0.0270 e. The molecule has 1 heterocycles. The van der Waals surface area contributed by atoms with Gasteiger partial charge in [-0.25, -0.2) is 0 Å². The molecule has 0 saturated heterocycles. The number of hydrogen-bond acceptors (Lipinski definition) is 1. The van der Waals surface area contributed by atoms with Crippen molar-refractivity contribution in [3.63, 3.8) is 0 Å². The highest BCUT2D eigenvalue weighted by Gasteiger charge is 2.20. The van der Waals surface area contributed by atoms with Crippen LogP contribution in [0.1, 0.15) is 39.2 Å². The Morgan fingerprint density at radius 3 is 2.08 bits per heavy atom. The van der Waals surface area contributed by atoms with E-state index in [1.54, 1.807) is 0 Å². The predicted octanol–water partition coefficient (Wildman–Crippen LogP) is 3.23. The van der Waals surface area contributed by atoms with Crippen LogP contribution in [0.15, 0.2) is 24.5 Å². The van der Waals surface area contributed by atoms with E-state index in [9.17, 15) is 0 Å². The standard InChI is InChI=1S/C11H17N/c1-9(11(2,3)4)10-5-7-12-8-6-10/h5-9H,1-4H3. The van der Waals surface area contributed by atoms with Crippen LogP contribution in [0.25, 0.3) is 0 Å². The van der Waals surface area contributed by atoms with Crippen LogP contribution in [-0.4, -0.2) is 4.98 Å². The normalized spacial score (nSPS) is 14.3. The molecule has 0 bridgehead atoms. The van der Waals surface area contributed by atoms with Crippen molar-refractivity contribution in [2.75, 3.05) is 0 Å². The van der Waals surface area contributed by atoms with E-state index in [0.29, 0.717) is 11.3 Å². The van der Waals surface area contributed by atoms with Crippen LogP contribution in [0, 0.1) is 5.41 Å².